The molecular formula is C18H26NO2+. The number of benzene rings is 1. The molecule has 1 aromatic carbocycles. The zero-order valence-corrected chi connectivity index (χ0v) is 13.3. The quantitative estimate of drug-likeness (QED) is 0.758. The molecule has 0 atom stereocenters. The molecule has 0 saturated heterocycles. The normalized spacial score (nSPS) is 10.8. The molecule has 0 amide bonds. The number of nitrogens with two attached hydrogens (primary N) is 1. The number of furan rings is 1. The molecular weight excluding hydrogens is 262 g/mol. The molecule has 0 saturated carbocycles. The maximum absolute atomic E-state index is 5.92. The average molecular weight is 288 g/mol. The number of quaternary nitrogens is 1. The smallest absolute Gasteiger partial charge is 0.157 e. The van der Waals surface area contributed by atoms with E-state index in [9.17, 15) is 0 Å². The molecule has 114 valence electrons. The molecule has 0 aliphatic carbocycles. The Labute approximate surface area is 127 Å². The number of unbranched alkanes of at least 4 members (excludes halogenated alkanes) is 1. The SMILES string of the molecule is Cc1cc(C)c(C)c(OCCCC[NH2+]Cc2ccco2)c1. The zero-order chi connectivity index (χ0) is 15.1. The van der Waals surface area contributed by atoms with E-state index in [1.54, 1.807) is 6.26 Å². The van der Waals surface area contributed by atoms with Gasteiger partial charge in [0.1, 0.15) is 12.3 Å². The monoisotopic (exact) mass is 288 g/mol. The molecule has 0 spiro atoms. The summed E-state index contributed by atoms with van der Waals surface area (Å²) < 4.78 is 11.2. The van der Waals surface area contributed by atoms with E-state index in [1.165, 1.54) is 16.7 Å². The van der Waals surface area contributed by atoms with Crippen LogP contribution in [0.3, 0.4) is 0 Å². The first kappa shape index (κ1) is 15.6. The summed E-state index contributed by atoms with van der Waals surface area (Å²) in [6.07, 6.45) is 3.97. The van der Waals surface area contributed by atoms with Crippen LogP contribution in [0.1, 0.15) is 35.3 Å². The molecule has 2 rings (SSSR count). The van der Waals surface area contributed by atoms with E-state index in [4.69, 9.17) is 9.15 Å². The fourth-order valence-electron chi connectivity index (χ4n) is 2.40. The highest BCUT2D eigenvalue weighted by Crippen LogP contribution is 2.23. The Hall–Kier alpha value is -1.74. The van der Waals surface area contributed by atoms with Crippen molar-refractivity contribution in [2.24, 2.45) is 0 Å². The largest absolute Gasteiger partial charge is 0.493 e. The number of aryl methyl sites for hydroxylation is 2. The molecule has 21 heavy (non-hydrogen) atoms. The molecule has 2 aromatic rings. The number of hydrogen-bond donors (Lipinski definition) is 1. The highest BCUT2D eigenvalue weighted by molar-refractivity contribution is 5.41. The molecule has 0 bridgehead atoms. The summed E-state index contributed by atoms with van der Waals surface area (Å²) in [5.74, 6) is 2.07. The Morgan fingerprint density at radius 1 is 1.14 bits per heavy atom. The van der Waals surface area contributed by atoms with Crippen molar-refractivity contribution in [3.8, 4) is 5.75 Å². The molecule has 1 heterocycles. The third kappa shape index (κ3) is 4.94. The Kier molecular flexibility index (Phi) is 5.88. The van der Waals surface area contributed by atoms with Gasteiger partial charge in [-0.3, -0.25) is 0 Å². The summed E-state index contributed by atoms with van der Waals surface area (Å²) in [5.41, 5.74) is 3.82. The van der Waals surface area contributed by atoms with Crippen molar-refractivity contribution in [1.29, 1.82) is 0 Å². The minimum atomic E-state index is 0.790. The van der Waals surface area contributed by atoms with Gasteiger partial charge in [-0.05, 0) is 68.5 Å². The van der Waals surface area contributed by atoms with Gasteiger partial charge in [-0.2, -0.15) is 0 Å². The van der Waals surface area contributed by atoms with Gasteiger partial charge in [0, 0.05) is 0 Å². The second-order valence-corrected chi connectivity index (χ2v) is 5.62. The molecule has 0 radical (unpaired) electrons. The van der Waals surface area contributed by atoms with Crippen LogP contribution in [-0.4, -0.2) is 13.2 Å². The van der Waals surface area contributed by atoms with Crippen LogP contribution >= 0.6 is 0 Å². The molecule has 0 aliphatic rings. The second-order valence-electron chi connectivity index (χ2n) is 5.62. The van der Waals surface area contributed by atoms with Crippen LogP contribution in [0.2, 0.25) is 0 Å². The van der Waals surface area contributed by atoms with Crippen LogP contribution < -0.4 is 10.1 Å². The van der Waals surface area contributed by atoms with Crippen LogP contribution in [0, 0.1) is 20.8 Å². The number of ether oxygens (including phenoxy) is 1. The Balaban J connectivity index is 1.61. The number of rotatable bonds is 8. The lowest BCUT2D eigenvalue weighted by Gasteiger charge is -2.12. The summed E-state index contributed by atoms with van der Waals surface area (Å²) in [4.78, 5) is 0. The van der Waals surface area contributed by atoms with E-state index >= 15 is 0 Å². The van der Waals surface area contributed by atoms with Gasteiger partial charge in [0.05, 0.1) is 19.4 Å². The minimum Gasteiger partial charge on any atom is -0.493 e. The van der Waals surface area contributed by atoms with Crippen molar-refractivity contribution in [3.05, 3.63) is 53.0 Å². The summed E-state index contributed by atoms with van der Waals surface area (Å²) in [6.45, 7) is 9.20. The van der Waals surface area contributed by atoms with Crippen molar-refractivity contribution < 1.29 is 14.5 Å². The first-order chi connectivity index (χ1) is 10.2. The van der Waals surface area contributed by atoms with Gasteiger partial charge in [0.25, 0.3) is 0 Å². The van der Waals surface area contributed by atoms with Gasteiger partial charge in [-0.1, -0.05) is 6.07 Å². The van der Waals surface area contributed by atoms with Crippen LogP contribution in [0.4, 0.5) is 0 Å². The second kappa shape index (κ2) is 7.89. The lowest BCUT2D eigenvalue weighted by Crippen LogP contribution is -2.82. The lowest BCUT2D eigenvalue weighted by molar-refractivity contribution is -0.672. The Morgan fingerprint density at radius 3 is 2.76 bits per heavy atom. The topological polar surface area (TPSA) is 39.0 Å². The van der Waals surface area contributed by atoms with Crippen LogP contribution in [-0.2, 0) is 6.54 Å². The van der Waals surface area contributed by atoms with Crippen LogP contribution in [0.5, 0.6) is 5.75 Å². The first-order valence-electron chi connectivity index (χ1n) is 7.71. The fraction of sp³-hybridized carbons (Fsp3) is 0.444. The highest BCUT2D eigenvalue weighted by Gasteiger charge is 2.04. The van der Waals surface area contributed by atoms with E-state index < -0.39 is 0 Å². The fourth-order valence-corrected chi connectivity index (χ4v) is 2.40. The summed E-state index contributed by atoms with van der Waals surface area (Å²) in [7, 11) is 0. The maximum atomic E-state index is 5.92. The van der Waals surface area contributed by atoms with E-state index in [0.717, 1.165) is 44.0 Å². The predicted octanol–water partition coefficient (Wildman–Crippen LogP) is 3.13. The van der Waals surface area contributed by atoms with Gasteiger partial charge < -0.3 is 14.5 Å². The van der Waals surface area contributed by atoms with Crippen molar-refractivity contribution >= 4 is 0 Å². The Morgan fingerprint density at radius 2 is 2.00 bits per heavy atom. The zero-order valence-electron chi connectivity index (χ0n) is 13.3. The summed E-state index contributed by atoms with van der Waals surface area (Å²) in [5, 5.41) is 2.28. The Bertz CT molecular complexity index is 547. The average Bonchev–Trinajstić information content (AvgIpc) is 2.96. The predicted molar refractivity (Wildman–Crippen MR) is 84.6 cm³/mol. The van der Waals surface area contributed by atoms with Gasteiger partial charge in [-0.15, -0.1) is 0 Å². The maximum Gasteiger partial charge on any atom is 0.157 e. The molecule has 2 N–H and O–H groups in total. The van der Waals surface area contributed by atoms with Gasteiger partial charge in [0.2, 0.25) is 0 Å². The van der Waals surface area contributed by atoms with Crippen LogP contribution in [0.15, 0.2) is 34.9 Å². The van der Waals surface area contributed by atoms with Gasteiger partial charge in [0.15, 0.2) is 5.76 Å². The highest BCUT2D eigenvalue weighted by atomic mass is 16.5. The molecule has 0 fully saturated rings. The van der Waals surface area contributed by atoms with E-state index in [0.29, 0.717) is 0 Å². The number of hydrogen-bond acceptors (Lipinski definition) is 2. The standard InChI is InChI=1S/C18H25NO2/c1-14-11-15(2)16(3)18(12-14)21-9-5-4-8-19-13-17-7-6-10-20-17/h6-7,10-12,19H,4-5,8-9,13H2,1-3H3/p+1. The van der Waals surface area contributed by atoms with Gasteiger partial charge >= 0.3 is 0 Å². The van der Waals surface area contributed by atoms with E-state index in [-0.39, 0.29) is 0 Å². The summed E-state index contributed by atoms with van der Waals surface area (Å²) >= 11 is 0. The van der Waals surface area contributed by atoms with Crippen molar-refractivity contribution in [2.45, 2.75) is 40.2 Å². The van der Waals surface area contributed by atoms with Crippen molar-refractivity contribution in [3.63, 3.8) is 0 Å². The third-order valence-electron chi connectivity index (χ3n) is 3.75. The molecule has 0 unspecified atom stereocenters. The molecule has 1 aromatic heterocycles. The van der Waals surface area contributed by atoms with Crippen LogP contribution in [0.25, 0.3) is 0 Å². The van der Waals surface area contributed by atoms with Crippen molar-refractivity contribution in [1.82, 2.24) is 0 Å². The van der Waals surface area contributed by atoms with Crippen molar-refractivity contribution in [2.75, 3.05) is 13.2 Å². The lowest BCUT2D eigenvalue weighted by atomic mass is 10.1. The molecule has 3 nitrogen and oxygen atoms in total. The first-order valence-corrected chi connectivity index (χ1v) is 7.71. The molecule has 0 aliphatic heterocycles. The van der Waals surface area contributed by atoms with E-state index in [1.807, 2.05) is 12.1 Å². The molecule has 3 heteroatoms. The summed E-state index contributed by atoms with van der Waals surface area (Å²) in [6, 6.07) is 8.28. The third-order valence-corrected chi connectivity index (χ3v) is 3.75. The minimum absolute atomic E-state index is 0.790. The van der Waals surface area contributed by atoms with Gasteiger partial charge in [-0.25, -0.2) is 0 Å². The van der Waals surface area contributed by atoms with E-state index in [2.05, 4.69) is 38.2 Å².